The van der Waals surface area contributed by atoms with Crippen LogP contribution in [0.3, 0.4) is 0 Å². The van der Waals surface area contributed by atoms with Gasteiger partial charge in [-0.3, -0.25) is 0 Å². The fourth-order valence-corrected chi connectivity index (χ4v) is 2.19. The number of rotatable bonds is 8. The van der Waals surface area contributed by atoms with Gasteiger partial charge in [0.2, 0.25) is 6.29 Å². The third-order valence-electron chi connectivity index (χ3n) is 3.11. The summed E-state index contributed by atoms with van der Waals surface area (Å²) in [5, 5.41) is 9.97. The van der Waals surface area contributed by atoms with Gasteiger partial charge in [0, 0.05) is 12.7 Å². The zero-order valence-electron chi connectivity index (χ0n) is 11.6. The molecule has 1 N–H and O–H groups in total. The summed E-state index contributed by atoms with van der Waals surface area (Å²) in [7, 11) is 1.58. The lowest BCUT2D eigenvalue weighted by molar-refractivity contribution is -0.0513. The average Bonchev–Trinajstić information content (AvgIpc) is 2.77. The number of hydrogen-bond acceptors (Lipinski definition) is 5. The van der Waals surface area contributed by atoms with E-state index in [1.165, 1.54) is 0 Å². The smallest absolute Gasteiger partial charge is 0.204 e. The highest BCUT2D eigenvalue weighted by molar-refractivity contribution is 5.45. The SMILES string of the molecule is C=CCOc1ccc2c(c1)C(CCOCOC)C(O)O2. The average molecular weight is 280 g/mol. The van der Waals surface area contributed by atoms with Crippen LogP contribution in [0.1, 0.15) is 17.9 Å². The number of aliphatic hydroxyl groups excluding tert-OH is 1. The predicted molar refractivity (Wildman–Crippen MR) is 74.0 cm³/mol. The summed E-state index contributed by atoms with van der Waals surface area (Å²) in [5.41, 5.74) is 0.945. The molecule has 0 aromatic heterocycles. The second kappa shape index (κ2) is 7.28. The Balaban J connectivity index is 2.02. The summed E-state index contributed by atoms with van der Waals surface area (Å²) >= 11 is 0. The molecule has 2 atom stereocenters. The minimum absolute atomic E-state index is 0.117. The maximum absolute atomic E-state index is 9.97. The molecule has 2 rings (SSSR count). The third kappa shape index (κ3) is 3.50. The van der Waals surface area contributed by atoms with Crippen LogP contribution in [0.25, 0.3) is 0 Å². The van der Waals surface area contributed by atoms with Gasteiger partial charge in [0.1, 0.15) is 24.9 Å². The highest BCUT2D eigenvalue weighted by atomic mass is 16.7. The third-order valence-corrected chi connectivity index (χ3v) is 3.11. The van der Waals surface area contributed by atoms with E-state index < -0.39 is 6.29 Å². The Hall–Kier alpha value is -1.56. The highest BCUT2D eigenvalue weighted by Crippen LogP contribution is 2.41. The first-order valence-corrected chi connectivity index (χ1v) is 6.55. The lowest BCUT2D eigenvalue weighted by atomic mass is 9.97. The monoisotopic (exact) mass is 280 g/mol. The Labute approximate surface area is 118 Å². The van der Waals surface area contributed by atoms with Gasteiger partial charge in [-0.15, -0.1) is 0 Å². The Kier molecular flexibility index (Phi) is 5.40. The van der Waals surface area contributed by atoms with Crippen molar-refractivity contribution in [1.82, 2.24) is 0 Å². The first kappa shape index (κ1) is 14.8. The van der Waals surface area contributed by atoms with Gasteiger partial charge in [0.25, 0.3) is 0 Å². The lowest BCUT2D eigenvalue weighted by Crippen LogP contribution is -2.19. The first-order valence-electron chi connectivity index (χ1n) is 6.55. The van der Waals surface area contributed by atoms with Crippen molar-refractivity contribution in [3.05, 3.63) is 36.4 Å². The minimum atomic E-state index is -0.842. The number of ether oxygens (including phenoxy) is 4. The Morgan fingerprint density at radius 2 is 2.30 bits per heavy atom. The van der Waals surface area contributed by atoms with Crippen LogP contribution in [0.4, 0.5) is 0 Å². The summed E-state index contributed by atoms with van der Waals surface area (Å²) in [6.07, 6.45) is 1.50. The van der Waals surface area contributed by atoms with E-state index in [0.717, 1.165) is 11.3 Å². The molecular formula is C15H20O5. The van der Waals surface area contributed by atoms with Crippen molar-refractivity contribution in [1.29, 1.82) is 0 Å². The fourth-order valence-electron chi connectivity index (χ4n) is 2.19. The summed E-state index contributed by atoms with van der Waals surface area (Å²) in [4.78, 5) is 0. The zero-order chi connectivity index (χ0) is 14.4. The molecule has 5 heteroatoms. The van der Waals surface area contributed by atoms with Crippen molar-refractivity contribution in [3.63, 3.8) is 0 Å². The van der Waals surface area contributed by atoms with Crippen molar-refractivity contribution in [2.75, 3.05) is 27.1 Å². The van der Waals surface area contributed by atoms with Gasteiger partial charge in [0.15, 0.2) is 0 Å². The van der Waals surface area contributed by atoms with Crippen LogP contribution >= 0.6 is 0 Å². The van der Waals surface area contributed by atoms with Gasteiger partial charge in [-0.1, -0.05) is 12.7 Å². The molecule has 1 aromatic rings. The van der Waals surface area contributed by atoms with Crippen LogP contribution in [0, 0.1) is 0 Å². The molecule has 0 radical (unpaired) electrons. The van der Waals surface area contributed by atoms with Gasteiger partial charge < -0.3 is 24.1 Å². The molecule has 0 aliphatic carbocycles. The van der Waals surface area contributed by atoms with Crippen molar-refractivity contribution in [3.8, 4) is 11.5 Å². The molecule has 1 aromatic carbocycles. The number of aliphatic hydroxyl groups is 1. The molecule has 0 amide bonds. The summed E-state index contributed by atoms with van der Waals surface area (Å²) in [6.45, 7) is 4.81. The molecule has 0 fully saturated rings. The van der Waals surface area contributed by atoms with E-state index in [1.807, 2.05) is 18.2 Å². The zero-order valence-corrected chi connectivity index (χ0v) is 11.6. The van der Waals surface area contributed by atoms with E-state index in [9.17, 15) is 5.11 Å². The Morgan fingerprint density at radius 1 is 1.45 bits per heavy atom. The van der Waals surface area contributed by atoms with Gasteiger partial charge in [-0.05, 0) is 24.6 Å². The van der Waals surface area contributed by atoms with E-state index in [0.29, 0.717) is 25.4 Å². The fraction of sp³-hybridized carbons (Fsp3) is 0.467. The Morgan fingerprint density at radius 3 is 3.05 bits per heavy atom. The molecule has 0 spiro atoms. The molecule has 20 heavy (non-hydrogen) atoms. The molecule has 1 heterocycles. The predicted octanol–water partition coefficient (Wildman–Crippen LogP) is 2.06. The lowest BCUT2D eigenvalue weighted by Gasteiger charge is -2.13. The molecule has 110 valence electrons. The molecule has 5 nitrogen and oxygen atoms in total. The van der Waals surface area contributed by atoms with Crippen molar-refractivity contribution in [2.24, 2.45) is 0 Å². The van der Waals surface area contributed by atoms with Crippen LogP contribution in [0.2, 0.25) is 0 Å². The number of hydrogen-bond donors (Lipinski definition) is 1. The Bertz CT molecular complexity index is 446. The maximum Gasteiger partial charge on any atom is 0.204 e. The molecule has 0 bridgehead atoms. The molecule has 1 aliphatic heterocycles. The van der Waals surface area contributed by atoms with Crippen LogP contribution in [0.5, 0.6) is 11.5 Å². The van der Waals surface area contributed by atoms with E-state index in [1.54, 1.807) is 13.2 Å². The van der Waals surface area contributed by atoms with Crippen molar-refractivity contribution < 1.29 is 24.1 Å². The summed E-state index contributed by atoms with van der Waals surface area (Å²) in [6, 6.07) is 5.53. The molecule has 0 saturated heterocycles. The highest BCUT2D eigenvalue weighted by Gasteiger charge is 2.33. The minimum Gasteiger partial charge on any atom is -0.490 e. The van der Waals surface area contributed by atoms with Crippen LogP contribution < -0.4 is 9.47 Å². The number of methoxy groups -OCH3 is 1. The molecule has 0 saturated carbocycles. The molecular weight excluding hydrogens is 260 g/mol. The van der Waals surface area contributed by atoms with E-state index in [2.05, 4.69) is 6.58 Å². The van der Waals surface area contributed by atoms with Crippen molar-refractivity contribution >= 4 is 0 Å². The van der Waals surface area contributed by atoms with Gasteiger partial charge in [-0.25, -0.2) is 0 Å². The number of benzene rings is 1. The normalized spacial score (nSPS) is 20.3. The quantitative estimate of drug-likeness (QED) is 0.449. The van der Waals surface area contributed by atoms with E-state index in [4.69, 9.17) is 18.9 Å². The van der Waals surface area contributed by atoms with Gasteiger partial charge >= 0.3 is 0 Å². The van der Waals surface area contributed by atoms with Gasteiger partial charge in [-0.2, -0.15) is 0 Å². The topological polar surface area (TPSA) is 57.2 Å². The van der Waals surface area contributed by atoms with Crippen LogP contribution in [-0.2, 0) is 9.47 Å². The standard InChI is InChI=1S/C15H20O5/c1-3-7-19-11-4-5-14-13(9-11)12(15(16)20-14)6-8-18-10-17-2/h3-5,9,12,15-16H,1,6-8,10H2,2H3. The van der Waals surface area contributed by atoms with E-state index in [-0.39, 0.29) is 12.7 Å². The maximum atomic E-state index is 9.97. The summed E-state index contributed by atoms with van der Waals surface area (Å²) < 4.78 is 21.0. The van der Waals surface area contributed by atoms with Crippen LogP contribution in [-0.4, -0.2) is 38.5 Å². The largest absolute Gasteiger partial charge is 0.490 e. The van der Waals surface area contributed by atoms with Crippen molar-refractivity contribution in [2.45, 2.75) is 18.6 Å². The van der Waals surface area contributed by atoms with Crippen LogP contribution in [0.15, 0.2) is 30.9 Å². The summed E-state index contributed by atoms with van der Waals surface area (Å²) in [5.74, 6) is 1.32. The second-order valence-corrected chi connectivity index (χ2v) is 4.52. The first-order chi connectivity index (χ1) is 9.76. The molecule has 1 aliphatic rings. The van der Waals surface area contributed by atoms with E-state index >= 15 is 0 Å². The number of fused-ring (bicyclic) bond motifs is 1. The van der Waals surface area contributed by atoms with Gasteiger partial charge in [0.05, 0.1) is 12.5 Å². The molecule has 2 unspecified atom stereocenters. The second-order valence-electron chi connectivity index (χ2n) is 4.52.